The van der Waals surface area contributed by atoms with E-state index in [2.05, 4.69) is 32.9 Å². The molecular weight excluding hydrogens is 440 g/mol. The van der Waals surface area contributed by atoms with Crippen molar-refractivity contribution in [3.63, 3.8) is 0 Å². The van der Waals surface area contributed by atoms with Crippen LogP contribution in [0.1, 0.15) is 40.9 Å². The Morgan fingerprint density at radius 1 is 1.15 bits per heavy atom. The first kappa shape index (κ1) is 22.9. The number of rotatable bonds is 3. The van der Waals surface area contributed by atoms with Gasteiger partial charge in [0, 0.05) is 48.8 Å². The summed E-state index contributed by atoms with van der Waals surface area (Å²) in [7, 11) is 3.13. The maximum Gasteiger partial charge on any atom is 0.358 e. The van der Waals surface area contributed by atoms with Crippen LogP contribution in [0.25, 0.3) is 11.1 Å². The molecule has 33 heavy (non-hydrogen) atoms. The topological polar surface area (TPSA) is 98.4 Å². The average Bonchev–Trinajstić information content (AvgIpc) is 3.60. The number of esters is 1. The van der Waals surface area contributed by atoms with E-state index in [9.17, 15) is 9.59 Å². The molecular formula is C25H25ClN4O3. The Morgan fingerprint density at radius 2 is 1.94 bits per heavy atom. The first-order valence-electron chi connectivity index (χ1n) is 10.7. The Labute approximate surface area is 197 Å². The van der Waals surface area contributed by atoms with E-state index in [1.807, 2.05) is 25.5 Å². The molecule has 1 amide bonds. The molecule has 2 aromatic heterocycles. The van der Waals surface area contributed by atoms with Crippen molar-refractivity contribution in [3.8, 4) is 11.1 Å². The summed E-state index contributed by atoms with van der Waals surface area (Å²) in [5, 5.41) is 0.305. The molecule has 0 unspecified atom stereocenters. The van der Waals surface area contributed by atoms with Gasteiger partial charge in [-0.15, -0.1) is 0 Å². The third-order valence-electron chi connectivity index (χ3n) is 6.00. The Morgan fingerprint density at radius 3 is 2.64 bits per heavy atom. The van der Waals surface area contributed by atoms with E-state index in [0.717, 1.165) is 41.6 Å². The van der Waals surface area contributed by atoms with Crippen LogP contribution in [0, 0.1) is 0 Å². The number of ether oxygens (including phenoxy) is 1. The minimum absolute atomic E-state index is 0.150. The van der Waals surface area contributed by atoms with Crippen LogP contribution in [0.5, 0.6) is 0 Å². The summed E-state index contributed by atoms with van der Waals surface area (Å²) in [4.78, 5) is 32.5. The highest BCUT2D eigenvalue weighted by atomic mass is 35.5. The second-order valence-corrected chi connectivity index (χ2v) is 8.65. The van der Waals surface area contributed by atoms with Crippen LogP contribution in [0.3, 0.4) is 0 Å². The van der Waals surface area contributed by atoms with E-state index >= 15 is 0 Å². The number of methoxy groups -OCH3 is 1. The molecule has 3 heterocycles. The van der Waals surface area contributed by atoms with Crippen molar-refractivity contribution in [2.45, 2.75) is 31.2 Å². The van der Waals surface area contributed by atoms with Gasteiger partial charge in [-0.2, -0.15) is 0 Å². The number of fused-ring (bicyclic) bond motifs is 1. The van der Waals surface area contributed by atoms with Gasteiger partial charge in [0.2, 0.25) is 5.91 Å². The second kappa shape index (κ2) is 9.29. The predicted molar refractivity (Wildman–Crippen MR) is 127 cm³/mol. The van der Waals surface area contributed by atoms with E-state index in [1.54, 1.807) is 17.0 Å². The molecule has 1 aliphatic carbocycles. The van der Waals surface area contributed by atoms with Crippen molar-refractivity contribution in [1.29, 1.82) is 0 Å². The van der Waals surface area contributed by atoms with Gasteiger partial charge < -0.3 is 15.4 Å². The van der Waals surface area contributed by atoms with Crippen molar-refractivity contribution in [2.24, 2.45) is 5.73 Å². The number of anilines is 1. The van der Waals surface area contributed by atoms with E-state index in [0.29, 0.717) is 11.4 Å². The summed E-state index contributed by atoms with van der Waals surface area (Å²) in [6, 6.07) is 11.7. The smallest absolute Gasteiger partial charge is 0.358 e. The van der Waals surface area contributed by atoms with E-state index in [1.165, 1.54) is 18.9 Å². The monoisotopic (exact) mass is 464 g/mol. The van der Waals surface area contributed by atoms with Crippen molar-refractivity contribution in [1.82, 2.24) is 9.97 Å². The Balaban J connectivity index is 0.000000200. The van der Waals surface area contributed by atoms with Crippen molar-refractivity contribution in [2.75, 3.05) is 19.1 Å². The molecule has 0 radical (unpaired) electrons. The number of carbonyl (C=O) groups is 2. The van der Waals surface area contributed by atoms with E-state index < -0.39 is 5.97 Å². The van der Waals surface area contributed by atoms with Crippen LogP contribution in [-0.2, 0) is 21.5 Å². The lowest BCUT2D eigenvalue weighted by molar-refractivity contribution is -0.118. The highest BCUT2D eigenvalue weighted by Crippen LogP contribution is 2.43. The first-order valence-corrected chi connectivity index (χ1v) is 11.0. The summed E-state index contributed by atoms with van der Waals surface area (Å²) in [6.07, 6.45) is 8.70. The van der Waals surface area contributed by atoms with Crippen molar-refractivity contribution >= 4 is 29.2 Å². The number of pyridine rings is 2. The highest BCUT2D eigenvalue weighted by Gasteiger charge is 2.40. The molecule has 0 bridgehead atoms. The predicted octanol–water partition coefficient (Wildman–Crippen LogP) is 4.13. The van der Waals surface area contributed by atoms with Gasteiger partial charge in [0.25, 0.3) is 0 Å². The number of aromatic nitrogens is 2. The zero-order chi connectivity index (χ0) is 23.6. The molecule has 8 heteroatoms. The number of carbonyl (C=O) groups excluding carboxylic acids is 2. The van der Waals surface area contributed by atoms with Crippen molar-refractivity contribution in [3.05, 3.63) is 76.8 Å². The van der Waals surface area contributed by atoms with Gasteiger partial charge >= 0.3 is 5.97 Å². The Kier molecular flexibility index (Phi) is 6.44. The third-order valence-corrected chi connectivity index (χ3v) is 6.30. The fourth-order valence-corrected chi connectivity index (χ4v) is 3.96. The molecule has 0 atom stereocenters. The molecule has 1 aromatic carbocycles. The SMILES string of the molecule is CN1C(=O)CCc2cc(-c3cncc(C4(N)CC4)c3)ccc21.COC(=O)c1ncccc1Cl. The lowest BCUT2D eigenvalue weighted by Gasteiger charge is -2.26. The fourth-order valence-electron chi connectivity index (χ4n) is 3.76. The number of nitrogens with zero attached hydrogens (tertiary/aromatic N) is 3. The van der Waals surface area contributed by atoms with Gasteiger partial charge in [-0.05, 0) is 66.3 Å². The first-order chi connectivity index (χ1) is 15.8. The summed E-state index contributed by atoms with van der Waals surface area (Å²) in [5.74, 6) is -0.335. The van der Waals surface area contributed by atoms with Crippen LogP contribution in [-0.4, -0.2) is 36.0 Å². The summed E-state index contributed by atoms with van der Waals surface area (Å²) in [6.45, 7) is 0. The summed E-state index contributed by atoms with van der Waals surface area (Å²) < 4.78 is 4.43. The molecule has 1 saturated carbocycles. The number of halogens is 1. The van der Waals surface area contributed by atoms with E-state index in [4.69, 9.17) is 17.3 Å². The number of hydrogen-bond donors (Lipinski definition) is 1. The van der Waals surface area contributed by atoms with Gasteiger partial charge in [0.1, 0.15) is 0 Å². The lowest BCUT2D eigenvalue weighted by Crippen LogP contribution is -2.30. The van der Waals surface area contributed by atoms with Gasteiger partial charge in [-0.3, -0.25) is 9.78 Å². The van der Waals surface area contributed by atoms with Crippen LogP contribution in [0.4, 0.5) is 5.69 Å². The molecule has 7 nitrogen and oxygen atoms in total. The maximum atomic E-state index is 11.8. The number of amides is 1. The second-order valence-electron chi connectivity index (χ2n) is 8.24. The van der Waals surface area contributed by atoms with Crippen LogP contribution in [0.15, 0.2) is 55.0 Å². The molecule has 0 saturated heterocycles. The van der Waals surface area contributed by atoms with Gasteiger partial charge in [0.15, 0.2) is 5.69 Å². The zero-order valence-electron chi connectivity index (χ0n) is 18.5. The molecule has 5 rings (SSSR count). The number of benzene rings is 1. The average molecular weight is 465 g/mol. The zero-order valence-corrected chi connectivity index (χ0v) is 19.3. The van der Waals surface area contributed by atoms with Crippen LogP contribution in [0.2, 0.25) is 5.02 Å². The maximum absolute atomic E-state index is 11.8. The van der Waals surface area contributed by atoms with Gasteiger partial charge in [0.05, 0.1) is 12.1 Å². The molecule has 3 aromatic rings. The third kappa shape index (κ3) is 4.89. The number of hydrogen-bond acceptors (Lipinski definition) is 6. The fraction of sp³-hybridized carbons (Fsp3) is 0.280. The number of aryl methyl sites for hydroxylation is 1. The Bertz CT molecular complexity index is 1210. The largest absolute Gasteiger partial charge is 0.464 e. The molecule has 2 aliphatic rings. The Hall–Kier alpha value is -3.29. The molecule has 1 aliphatic heterocycles. The quantitative estimate of drug-likeness (QED) is 0.585. The molecule has 0 spiro atoms. The summed E-state index contributed by atoms with van der Waals surface area (Å²) >= 11 is 5.63. The molecule has 2 N–H and O–H groups in total. The highest BCUT2D eigenvalue weighted by molar-refractivity contribution is 6.33. The standard InChI is InChI=1S/C18H19N3O.C7H6ClNO2/c1-21-16-4-2-12(8-13(16)3-5-17(21)22)14-9-15(11-20-10-14)18(19)6-7-18;1-11-7(10)6-5(8)3-2-4-9-6/h2,4,8-11H,3,5-7,19H2,1H3;2-4H,1H3. The normalized spacial score (nSPS) is 15.8. The summed E-state index contributed by atoms with van der Waals surface area (Å²) in [5.41, 5.74) is 11.9. The van der Waals surface area contributed by atoms with Gasteiger partial charge in [-0.1, -0.05) is 17.7 Å². The number of nitrogens with two attached hydrogens (primary N) is 1. The van der Waals surface area contributed by atoms with Crippen LogP contribution >= 0.6 is 11.6 Å². The molecule has 170 valence electrons. The minimum atomic E-state index is -0.518. The lowest BCUT2D eigenvalue weighted by atomic mass is 9.95. The van der Waals surface area contributed by atoms with Crippen molar-refractivity contribution < 1.29 is 14.3 Å². The van der Waals surface area contributed by atoms with Gasteiger partial charge in [-0.25, -0.2) is 9.78 Å². The molecule has 1 fully saturated rings. The van der Waals surface area contributed by atoms with Crippen LogP contribution < -0.4 is 10.6 Å². The van der Waals surface area contributed by atoms with E-state index in [-0.39, 0.29) is 17.1 Å². The minimum Gasteiger partial charge on any atom is -0.464 e.